The number of hydrogen-bond donors (Lipinski definition) is 3. The lowest BCUT2D eigenvalue weighted by Crippen LogP contribution is -2.24. The molecule has 2 aromatic carbocycles. The van der Waals surface area contributed by atoms with Gasteiger partial charge in [-0.15, -0.1) is 4.40 Å². The van der Waals surface area contributed by atoms with Crippen LogP contribution in [-0.4, -0.2) is 34.4 Å². The third-order valence-corrected chi connectivity index (χ3v) is 4.86. The molecule has 0 spiro atoms. The summed E-state index contributed by atoms with van der Waals surface area (Å²) in [7, 11) is -0.960. The monoisotopic (exact) mass is 404 g/mol. The molecule has 2 aromatic rings. The quantitative estimate of drug-likeness (QED) is 0.259. The molecule has 10 heteroatoms. The van der Waals surface area contributed by atoms with Crippen molar-refractivity contribution in [2.24, 2.45) is 15.9 Å². The van der Waals surface area contributed by atoms with E-state index in [9.17, 15) is 13.2 Å². The number of nitrogens with two attached hydrogens (primary N) is 2. The SMILES string of the molecule is COc1ccc(C(=O)/C=C/Nc2ccc(S(=O)(=O)N=C(N)N)cc2)c(OC)c1. The van der Waals surface area contributed by atoms with Gasteiger partial charge in [-0.2, -0.15) is 8.42 Å². The molecule has 0 bridgehead atoms. The van der Waals surface area contributed by atoms with E-state index >= 15 is 0 Å². The molecule has 0 unspecified atom stereocenters. The molecule has 2 rings (SSSR count). The number of nitrogens with zero attached hydrogens (tertiary/aromatic N) is 1. The molecule has 0 saturated heterocycles. The smallest absolute Gasteiger partial charge is 0.285 e. The summed E-state index contributed by atoms with van der Waals surface area (Å²) in [6.45, 7) is 0. The Hall–Kier alpha value is -3.53. The summed E-state index contributed by atoms with van der Waals surface area (Å²) in [6, 6.07) is 10.6. The van der Waals surface area contributed by atoms with Crippen LogP contribution in [0.5, 0.6) is 11.5 Å². The van der Waals surface area contributed by atoms with Gasteiger partial charge in [-0.1, -0.05) is 0 Å². The van der Waals surface area contributed by atoms with Crippen molar-refractivity contribution in [1.29, 1.82) is 0 Å². The zero-order chi connectivity index (χ0) is 20.7. The predicted molar refractivity (Wildman–Crippen MR) is 106 cm³/mol. The maximum Gasteiger partial charge on any atom is 0.285 e. The van der Waals surface area contributed by atoms with Crippen LogP contribution in [0.3, 0.4) is 0 Å². The number of nitrogens with one attached hydrogen (secondary N) is 1. The summed E-state index contributed by atoms with van der Waals surface area (Å²) >= 11 is 0. The number of rotatable bonds is 8. The standard InChI is InChI=1S/C18H20N4O5S/c1-26-13-5-8-15(17(11-13)27-2)16(23)9-10-21-12-3-6-14(7-4-12)28(24,25)22-18(19)20/h3-11,21H,1-2H3,(H4,19,20,22)/b10-9+. The first-order valence-electron chi connectivity index (χ1n) is 7.92. The van der Waals surface area contributed by atoms with Crippen molar-refractivity contribution >= 4 is 27.5 Å². The van der Waals surface area contributed by atoms with Crippen molar-refractivity contribution in [3.63, 3.8) is 0 Å². The summed E-state index contributed by atoms with van der Waals surface area (Å²) in [5.74, 6) is 0.145. The Labute approximate surface area is 162 Å². The molecular formula is C18H20N4O5S. The first-order chi connectivity index (χ1) is 13.3. The lowest BCUT2D eigenvalue weighted by Gasteiger charge is -2.08. The fraction of sp³-hybridized carbons (Fsp3) is 0.111. The van der Waals surface area contributed by atoms with Crippen molar-refractivity contribution in [1.82, 2.24) is 0 Å². The summed E-state index contributed by atoms with van der Waals surface area (Å²) in [6.07, 6.45) is 2.76. The van der Waals surface area contributed by atoms with Crippen molar-refractivity contribution in [3.8, 4) is 11.5 Å². The molecule has 0 aromatic heterocycles. The van der Waals surface area contributed by atoms with E-state index in [1.54, 1.807) is 18.2 Å². The van der Waals surface area contributed by atoms with Gasteiger partial charge in [0.2, 0.25) is 5.96 Å². The number of sulfonamides is 1. The molecule has 9 nitrogen and oxygen atoms in total. The van der Waals surface area contributed by atoms with Gasteiger partial charge in [0.1, 0.15) is 11.5 Å². The third kappa shape index (κ3) is 5.24. The molecule has 0 aliphatic heterocycles. The number of carbonyl (C=O) groups excluding carboxylic acids is 1. The Morgan fingerprint density at radius 1 is 1.07 bits per heavy atom. The molecule has 0 saturated carbocycles. The van der Waals surface area contributed by atoms with Gasteiger partial charge in [-0.3, -0.25) is 4.79 Å². The summed E-state index contributed by atoms with van der Waals surface area (Å²) < 4.78 is 37.3. The number of benzene rings is 2. The highest BCUT2D eigenvalue weighted by molar-refractivity contribution is 7.90. The normalized spacial score (nSPS) is 11.1. The number of methoxy groups -OCH3 is 2. The van der Waals surface area contributed by atoms with Gasteiger partial charge in [0, 0.05) is 24.0 Å². The first-order valence-corrected chi connectivity index (χ1v) is 9.36. The Kier molecular flexibility index (Phi) is 6.61. The summed E-state index contributed by atoms with van der Waals surface area (Å²) in [4.78, 5) is 12.3. The maximum absolute atomic E-state index is 12.3. The van der Waals surface area contributed by atoms with Gasteiger partial charge in [0.05, 0.1) is 24.7 Å². The average Bonchev–Trinajstić information content (AvgIpc) is 2.66. The molecule has 0 aliphatic rings. The van der Waals surface area contributed by atoms with Crippen molar-refractivity contribution in [3.05, 3.63) is 60.3 Å². The van der Waals surface area contributed by atoms with Crippen molar-refractivity contribution < 1.29 is 22.7 Å². The van der Waals surface area contributed by atoms with Crippen LogP contribution in [0.25, 0.3) is 0 Å². The summed E-state index contributed by atoms with van der Waals surface area (Å²) in [5, 5.41) is 2.88. The van der Waals surface area contributed by atoms with Crippen LogP contribution in [0, 0.1) is 0 Å². The molecule has 0 radical (unpaired) electrons. The highest BCUT2D eigenvalue weighted by atomic mass is 32.2. The number of ether oxygens (including phenoxy) is 2. The Bertz CT molecular complexity index is 1010. The maximum atomic E-state index is 12.3. The van der Waals surface area contributed by atoms with Crippen LogP contribution >= 0.6 is 0 Å². The lowest BCUT2D eigenvalue weighted by molar-refractivity contribution is 0.104. The fourth-order valence-corrected chi connectivity index (χ4v) is 3.08. The molecule has 0 amide bonds. The minimum absolute atomic E-state index is 0.0607. The van der Waals surface area contributed by atoms with E-state index in [4.69, 9.17) is 20.9 Å². The van der Waals surface area contributed by atoms with Gasteiger partial charge < -0.3 is 26.3 Å². The zero-order valence-corrected chi connectivity index (χ0v) is 16.1. The molecule has 28 heavy (non-hydrogen) atoms. The minimum atomic E-state index is -3.95. The first kappa shape index (κ1) is 20.8. The van der Waals surface area contributed by atoms with Crippen LogP contribution < -0.4 is 26.3 Å². The fourth-order valence-electron chi connectivity index (χ4n) is 2.22. The van der Waals surface area contributed by atoms with Gasteiger partial charge in [-0.05, 0) is 36.4 Å². The molecule has 5 N–H and O–H groups in total. The minimum Gasteiger partial charge on any atom is -0.497 e. The van der Waals surface area contributed by atoms with E-state index in [0.717, 1.165) is 0 Å². The van der Waals surface area contributed by atoms with Crippen LogP contribution in [0.4, 0.5) is 5.69 Å². The Morgan fingerprint density at radius 3 is 2.32 bits per heavy atom. The number of ketones is 1. The number of anilines is 1. The van der Waals surface area contributed by atoms with Gasteiger partial charge in [-0.25, -0.2) is 0 Å². The van der Waals surface area contributed by atoms with E-state index in [1.165, 1.54) is 50.8 Å². The van der Waals surface area contributed by atoms with Gasteiger partial charge in [0.25, 0.3) is 10.0 Å². The average molecular weight is 404 g/mol. The molecular weight excluding hydrogens is 384 g/mol. The highest BCUT2D eigenvalue weighted by Crippen LogP contribution is 2.25. The zero-order valence-electron chi connectivity index (χ0n) is 15.2. The third-order valence-electron chi connectivity index (χ3n) is 3.54. The van der Waals surface area contributed by atoms with Gasteiger partial charge in [0.15, 0.2) is 5.78 Å². The number of carbonyl (C=O) groups is 1. The van der Waals surface area contributed by atoms with Crippen molar-refractivity contribution in [2.75, 3.05) is 19.5 Å². The summed E-state index contributed by atoms with van der Waals surface area (Å²) in [5.41, 5.74) is 11.1. The second kappa shape index (κ2) is 8.91. The van der Waals surface area contributed by atoms with E-state index in [-0.39, 0.29) is 10.7 Å². The lowest BCUT2D eigenvalue weighted by atomic mass is 10.1. The molecule has 0 fully saturated rings. The topological polar surface area (TPSA) is 146 Å². The second-order valence-corrected chi connectivity index (χ2v) is 7.03. The van der Waals surface area contributed by atoms with Crippen LogP contribution in [0.1, 0.15) is 10.4 Å². The molecule has 0 atom stereocenters. The Balaban J connectivity index is 2.09. The molecule has 0 aliphatic carbocycles. The van der Waals surface area contributed by atoms with Crippen molar-refractivity contribution in [2.45, 2.75) is 4.90 Å². The second-order valence-electron chi connectivity index (χ2n) is 5.42. The number of hydrogen-bond acceptors (Lipinski definition) is 6. The Morgan fingerprint density at radius 2 is 1.75 bits per heavy atom. The van der Waals surface area contributed by atoms with E-state index in [2.05, 4.69) is 9.71 Å². The molecule has 148 valence electrons. The van der Waals surface area contributed by atoms with Crippen LogP contribution in [0.2, 0.25) is 0 Å². The largest absolute Gasteiger partial charge is 0.497 e. The van der Waals surface area contributed by atoms with E-state index < -0.39 is 16.0 Å². The van der Waals surface area contributed by atoms with Gasteiger partial charge >= 0.3 is 0 Å². The number of guanidine groups is 1. The van der Waals surface area contributed by atoms with E-state index in [1.807, 2.05) is 0 Å². The van der Waals surface area contributed by atoms with Crippen LogP contribution in [0.15, 0.2) is 64.0 Å². The number of allylic oxidation sites excluding steroid dienone is 1. The predicted octanol–water partition coefficient (Wildman–Crippen LogP) is 1.47. The molecule has 0 heterocycles. The van der Waals surface area contributed by atoms with Crippen LogP contribution in [-0.2, 0) is 10.0 Å². The highest BCUT2D eigenvalue weighted by Gasteiger charge is 2.13. The van der Waals surface area contributed by atoms with E-state index in [0.29, 0.717) is 22.7 Å².